The second-order valence-corrected chi connectivity index (χ2v) is 8.34. The summed E-state index contributed by atoms with van der Waals surface area (Å²) in [4.78, 5) is 4.33. The van der Waals surface area contributed by atoms with Crippen LogP contribution in [0.15, 0.2) is 57.9 Å². The quantitative estimate of drug-likeness (QED) is 0.626. The van der Waals surface area contributed by atoms with E-state index in [1.54, 1.807) is 24.3 Å². The molecule has 3 rings (SSSR count). The molecule has 0 radical (unpaired) electrons. The van der Waals surface area contributed by atoms with Crippen LogP contribution in [0, 0.1) is 0 Å². The maximum Gasteiger partial charge on any atom is 0.242 e. The highest BCUT2D eigenvalue weighted by Gasteiger charge is 2.20. The molecule has 136 valence electrons. The lowest BCUT2D eigenvalue weighted by atomic mass is 10.2. The summed E-state index contributed by atoms with van der Waals surface area (Å²) in [5.74, 6) is 0.702. The highest BCUT2D eigenvalue weighted by atomic mass is 35.5. The summed E-state index contributed by atoms with van der Waals surface area (Å²) in [6, 6.07) is 13.1. The molecule has 0 saturated heterocycles. The lowest BCUT2D eigenvalue weighted by molar-refractivity contribution is 0.242. The molecular weight excluding hydrogens is 376 g/mol. The van der Waals surface area contributed by atoms with Crippen LogP contribution in [-0.4, -0.2) is 24.7 Å². The zero-order valence-electron chi connectivity index (χ0n) is 14.2. The van der Waals surface area contributed by atoms with Crippen LogP contribution in [0.1, 0.15) is 19.7 Å². The van der Waals surface area contributed by atoms with Crippen molar-refractivity contribution in [2.75, 3.05) is 0 Å². The van der Waals surface area contributed by atoms with Crippen LogP contribution in [0.4, 0.5) is 0 Å². The maximum absolute atomic E-state index is 12.4. The zero-order valence-corrected chi connectivity index (χ0v) is 15.8. The van der Waals surface area contributed by atoms with Crippen LogP contribution in [0.25, 0.3) is 11.4 Å². The van der Waals surface area contributed by atoms with Gasteiger partial charge in [0, 0.05) is 10.6 Å². The van der Waals surface area contributed by atoms with Crippen molar-refractivity contribution in [2.45, 2.75) is 30.6 Å². The monoisotopic (exact) mass is 392 g/mol. The van der Waals surface area contributed by atoms with Gasteiger partial charge >= 0.3 is 0 Å². The van der Waals surface area contributed by atoms with Crippen LogP contribution in [-0.2, 0) is 15.6 Å². The third-order valence-electron chi connectivity index (χ3n) is 3.44. The minimum absolute atomic E-state index is 0.0254. The van der Waals surface area contributed by atoms with E-state index < -0.39 is 9.84 Å². The molecule has 0 spiro atoms. The summed E-state index contributed by atoms with van der Waals surface area (Å²) < 4.78 is 35.5. The fraction of sp³-hybridized carbons (Fsp3) is 0.222. The van der Waals surface area contributed by atoms with Crippen LogP contribution in [0.5, 0.6) is 5.75 Å². The fourth-order valence-corrected chi connectivity index (χ4v) is 3.56. The van der Waals surface area contributed by atoms with E-state index in [1.165, 1.54) is 24.3 Å². The van der Waals surface area contributed by atoms with Crippen LogP contribution in [0.3, 0.4) is 0 Å². The summed E-state index contributed by atoms with van der Waals surface area (Å²) in [6.07, 6.45) is 0.0794. The standard InChI is InChI=1S/C18H17ClN2O4S/c1-12(2)24-15-7-3-13(4-8-15)18-20-17(25-21-18)11-26(22,23)16-9-5-14(19)6-10-16/h3-10,12H,11H2,1-2H3. The van der Waals surface area contributed by atoms with Crippen molar-refractivity contribution in [3.05, 3.63) is 59.4 Å². The van der Waals surface area contributed by atoms with E-state index in [0.29, 0.717) is 16.4 Å². The van der Waals surface area contributed by atoms with Gasteiger partial charge in [0.15, 0.2) is 9.84 Å². The van der Waals surface area contributed by atoms with Crippen molar-refractivity contribution >= 4 is 21.4 Å². The largest absolute Gasteiger partial charge is 0.491 e. The Bertz CT molecular complexity index is 981. The van der Waals surface area contributed by atoms with Gasteiger partial charge in [0.05, 0.1) is 11.0 Å². The van der Waals surface area contributed by atoms with Crippen molar-refractivity contribution in [3.8, 4) is 17.1 Å². The summed E-state index contributed by atoms with van der Waals surface area (Å²) in [5.41, 5.74) is 0.708. The molecule has 1 heterocycles. The Kier molecular flexibility index (Phi) is 5.29. The Morgan fingerprint density at radius 1 is 1.08 bits per heavy atom. The van der Waals surface area contributed by atoms with E-state index in [1.807, 2.05) is 13.8 Å². The first-order valence-electron chi connectivity index (χ1n) is 7.91. The number of hydrogen-bond acceptors (Lipinski definition) is 6. The van der Waals surface area contributed by atoms with Gasteiger partial charge < -0.3 is 9.26 Å². The summed E-state index contributed by atoms with van der Waals surface area (Å²) >= 11 is 5.79. The first kappa shape index (κ1) is 18.4. The Morgan fingerprint density at radius 3 is 2.35 bits per heavy atom. The van der Waals surface area contributed by atoms with Gasteiger partial charge in [-0.3, -0.25) is 0 Å². The predicted molar refractivity (Wildman–Crippen MR) is 97.8 cm³/mol. The number of ether oxygens (including phenoxy) is 1. The van der Waals surface area contributed by atoms with E-state index in [9.17, 15) is 8.42 Å². The van der Waals surface area contributed by atoms with Crippen LogP contribution < -0.4 is 4.74 Å². The third kappa shape index (κ3) is 4.42. The molecule has 26 heavy (non-hydrogen) atoms. The lowest BCUT2D eigenvalue weighted by Gasteiger charge is -2.09. The first-order valence-corrected chi connectivity index (χ1v) is 9.94. The third-order valence-corrected chi connectivity index (χ3v) is 5.31. The van der Waals surface area contributed by atoms with Crippen LogP contribution >= 0.6 is 11.6 Å². The molecule has 0 N–H and O–H groups in total. The molecule has 6 nitrogen and oxygen atoms in total. The zero-order chi connectivity index (χ0) is 18.7. The highest BCUT2D eigenvalue weighted by molar-refractivity contribution is 7.90. The number of hydrogen-bond donors (Lipinski definition) is 0. The Morgan fingerprint density at radius 2 is 1.73 bits per heavy atom. The maximum atomic E-state index is 12.4. The minimum Gasteiger partial charge on any atom is -0.491 e. The molecule has 0 amide bonds. The first-order chi connectivity index (χ1) is 12.3. The summed E-state index contributed by atoms with van der Waals surface area (Å²) in [6.45, 7) is 3.89. The van der Waals surface area contributed by atoms with Gasteiger partial charge in [-0.15, -0.1) is 0 Å². The smallest absolute Gasteiger partial charge is 0.242 e. The van der Waals surface area contributed by atoms with Crippen molar-refractivity contribution in [3.63, 3.8) is 0 Å². The summed E-state index contributed by atoms with van der Waals surface area (Å²) in [7, 11) is -3.59. The average Bonchev–Trinajstić information content (AvgIpc) is 3.03. The van der Waals surface area contributed by atoms with Crippen molar-refractivity contribution in [2.24, 2.45) is 0 Å². The van der Waals surface area contributed by atoms with E-state index in [-0.39, 0.29) is 22.6 Å². The molecule has 0 aliphatic rings. The van der Waals surface area contributed by atoms with E-state index in [4.69, 9.17) is 20.9 Å². The highest BCUT2D eigenvalue weighted by Crippen LogP contribution is 2.23. The average molecular weight is 393 g/mol. The molecule has 8 heteroatoms. The second kappa shape index (κ2) is 7.47. The number of sulfone groups is 1. The van der Waals surface area contributed by atoms with E-state index >= 15 is 0 Å². The SMILES string of the molecule is CC(C)Oc1ccc(-c2noc(CS(=O)(=O)c3ccc(Cl)cc3)n2)cc1. The van der Waals surface area contributed by atoms with Crippen LogP contribution in [0.2, 0.25) is 5.02 Å². The Labute approximate surface area is 156 Å². The predicted octanol–water partition coefficient (Wildman–Crippen LogP) is 4.15. The molecule has 0 atom stereocenters. The lowest BCUT2D eigenvalue weighted by Crippen LogP contribution is -2.05. The molecule has 0 aliphatic carbocycles. The van der Waals surface area contributed by atoms with Crippen molar-refractivity contribution in [1.82, 2.24) is 10.1 Å². The summed E-state index contributed by atoms with van der Waals surface area (Å²) in [5, 5.41) is 4.32. The van der Waals surface area contributed by atoms with Gasteiger partial charge in [-0.2, -0.15) is 4.98 Å². The molecule has 0 unspecified atom stereocenters. The number of nitrogens with zero attached hydrogens (tertiary/aromatic N) is 2. The van der Waals surface area contributed by atoms with Gasteiger partial charge in [0.2, 0.25) is 11.7 Å². The number of aromatic nitrogens is 2. The molecule has 3 aromatic rings. The molecule has 1 aromatic heterocycles. The molecular formula is C18H17ClN2O4S. The number of rotatable bonds is 6. The van der Waals surface area contributed by atoms with Crippen molar-refractivity contribution in [1.29, 1.82) is 0 Å². The van der Waals surface area contributed by atoms with Gasteiger partial charge in [0.25, 0.3) is 0 Å². The minimum atomic E-state index is -3.59. The molecule has 0 saturated carbocycles. The molecule has 0 bridgehead atoms. The topological polar surface area (TPSA) is 82.3 Å². The van der Waals surface area contributed by atoms with E-state index in [2.05, 4.69) is 10.1 Å². The molecule has 0 fully saturated rings. The normalized spacial score (nSPS) is 11.7. The molecule has 0 aliphatic heterocycles. The number of halogens is 1. The number of benzene rings is 2. The second-order valence-electron chi connectivity index (χ2n) is 5.92. The Balaban J connectivity index is 1.76. The Hall–Kier alpha value is -2.38. The van der Waals surface area contributed by atoms with Gasteiger partial charge in [-0.25, -0.2) is 8.42 Å². The van der Waals surface area contributed by atoms with Gasteiger partial charge in [-0.1, -0.05) is 16.8 Å². The van der Waals surface area contributed by atoms with Gasteiger partial charge in [-0.05, 0) is 62.4 Å². The van der Waals surface area contributed by atoms with E-state index in [0.717, 1.165) is 5.75 Å². The van der Waals surface area contributed by atoms with Crippen molar-refractivity contribution < 1.29 is 17.7 Å². The van der Waals surface area contributed by atoms with Gasteiger partial charge in [0.1, 0.15) is 11.5 Å². The molecule has 2 aromatic carbocycles. The fourth-order valence-electron chi connectivity index (χ4n) is 2.27.